The molecule has 0 saturated carbocycles. The van der Waals surface area contributed by atoms with E-state index in [4.69, 9.17) is 18.9 Å². The molecule has 0 spiro atoms. The summed E-state index contributed by atoms with van der Waals surface area (Å²) in [5.41, 5.74) is 0. The number of carboxylic acids is 1. The summed E-state index contributed by atoms with van der Waals surface area (Å²) in [5, 5.41) is 11.8. The van der Waals surface area contributed by atoms with Crippen LogP contribution in [0, 0.1) is 0 Å². The van der Waals surface area contributed by atoms with Crippen LogP contribution >= 0.6 is 0 Å². The highest BCUT2D eigenvalue weighted by atomic mass is 16.7. The quantitative estimate of drug-likeness (QED) is 0.0195. The Labute approximate surface area is 580 Å². The first kappa shape index (κ1) is 88.1. The number of hydrogen-bond donors (Lipinski definition) is 0. The minimum Gasteiger partial charge on any atom is -0.545 e. The van der Waals surface area contributed by atoms with Gasteiger partial charge in [-0.05, 0) is 161 Å². The third kappa shape index (κ3) is 74.4. The molecule has 0 aliphatic carbocycles. The summed E-state index contributed by atoms with van der Waals surface area (Å²) in [7, 11) is 5.89. The highest BCUT2D eigenvalue weighted by Gasteiger charge is 2.22. The number of allylic oxidation sites excluding steroid dienone is 40. The molecular weight excluding hydrogens is 1170 g/mol. The molecule has 0 aliphatic rings. The van der Waals surface area contributed by atoms with Crippen LogP contribution in [0.2, 0.25) is 0 Å². The van der Waals surface area contributed by atoms with Crippen molar-refractivity contribution in [3.63, 3.8) is 0 Å². The lowest BCUT2D eigenvalue weighted by Crippen LogP contribution is -2.44. The van der Waals surface area contributed by atoms with Crippen molar-refractivity contribution in [2.45, 2.75) is 232 Å². The minimum atomic E-state index is -1.66. The molecule has 0 amide bonds. The zero-order chi connectivity index (χ0) is 69.0. The van der Waals surface area contributed by atoms with Gasteiger partial charge in [0.25, 0.3) is 0 Å². The molecule has 2 atom stereocenters. The van der Waals surface area contributed by atoms with Crippen molar-refractivity contribution in [2.75, 3.05) is 47.5 Å². The van der Waals surface area contributed by atoms with Gasteiger partial charge in [-0.15, -0.1) is 0 Å². The van der Waals surface area contributed by atoms with Crippen LogP contribution in [-0.2, 0) is 33.3 Å². The number of nitrogens with zero attached hydrogens (tertiary/aromatic N) is 1. The van der Waals surface area contributed by atoms with Gasteiger partial charge in [-0.25, -0.2) is 0 Å². The predicted octanol–water partition coefficient (Wildman–Crippen LogP) is 21.9. The number of carbonyl (C=O) groups excluding carboxylic acids is 3. The van der Waals surface area contributed by atoms with E-state index in [-0.39, 0.29) is 32.7 Å². The molecule has 0 rings (SSSR count). The van der Waals surface area contributed by atoms with Crippen LogP contribution in [0.15, 0.2) is 243 Å². The third-order valence-corrected chi connectivity index (χ3v) is 14.1. The van der Waals surface area contributed by atoms with E-state index in [1.54, 1.807) is 0 Å². The van der Waals surface area contributed by atoms with E-state index < -0.39 is 30.3 Å². The van der Waals surface area contributed by atoms with Gasteiger partial charge in [-0.2, -0.15) is 0 Å². The smallest absolute Gasteiger partial charge is 0.306 e. The van der Waals surface area contributed by atoms with Crippen molar-refractivity contribution >= 4 is 17.9 Å². The Morgan fingerprint density at radius 2 is 0.579 bits per heavy atom. The molecule has 0 radical (unpaired) electrons. The van der Waals surface area contributed by atoms with Gasteiger partial charge in [0.05, 0.1) is 40.3 Å². The summed E-state index contributed by atoms with van der Waals surface area (Å²) in [6, 6.07) is 0. The van der Waals surface area contributed by atoms with E-state index >= 15 is 0 Å². The Hall–Kier alpha value is -6.91. The zero-order valence-electron chi connectivity index (χ0n) is 59.9. The Balaban J connectivity index is 4.31. The van der Waals surface area contributed by atoms with Crippen LogP contribution in [0.5, 0.6) is 0 Å². The van der Waals surface area contributed by atoms with Crippen molar-refractivity contribution < 1.29 is 42.9 Å². The molecule has 9 nitrogen and oxygen atoms in total. The highest BCUT2D eigenvalue weighted by molar-refractivity contribution is 5.70. The second kappa shape index (κ2) is 72.9. The van der Waals surface area contributed by atoms with E-state index in [0.717, 1.165) is 173 Å². The molecule has 0 heterocycles. The van der Waals surface area contributed by atoms with Crippen LogP contribution in [0.25, 0.3) is 0 Å². The fourth-order valence-electron chi connectivity index (χ4n) is 8.66. The Kier molecular flexibility index (Phi) is 67.6. The van der Waals surface area contributed by atoms with Gasteiger partial charge >= 0.3 is 11.9 Å². The molecule has 0 aromatic carbocycles. The number of rotatable bonds is 63. The first-order chi connectivity index (χ1) is 46.6. The standard InChI is InChI=1S/C86H129NO8/c1-6-8-10-12-14-16-18-20-22-24-26-28-30-32-34-36-37-38-39-40-41-42-43-44-45-46-47-49-51-53-55-57-59-61-63-65-67-69-71-73-75-77-84(89)95-82(81-94-86(85(90)91)92-79-78-87(3,4)5)80-93-83(88)76-74-72-70-68-66-64-62-60-58-56-54-52-50-48-35-33-31-29-27-25-23-21-19-17-15-13-11-9-7-2/h8-11,14-17,20-23,26-29,32-35,37-38,40-41,43-44,46-47,50-53,56-59,62,64,68,70,82,86H,6-7,12-13,18-19,24-25,30-31,36,39,42,45,48-49,54-55,60-61,63,65-67,69,71-81H2,1-5H3/b10-8-,11-9-,16-14-,17-15-,22-20-,23-21-,28-26-,29-27-,34-32-,35-33-,38-37-,41-40-,44-43-,47-46-,52-50-,53-51-,58-56-,59-57-,64-62-,70-68-. The molecule has 0 fully saturated rings. The zero-order valence-corrected chi connectivity index (χ0v) is 59.9. The molecule has 0 saturated heterocycles. The van der Waals surface area contributed by atoms with Crippen molar-refractivity contribution in [1.29, 1.82) is 0 Å². The lowest BCUT2D eigenvalue weighted by atomic mass is 10.1. The van der Waals surface area contributed by atoms with Gasteiger partial charge < -0.3 is 33.3 Å². The number of aliphatic carboxylic acids is 1. The maximum atomic E-state index is 12.9. The monoisotopic (exact) mass is 1300 g/mol. The molecular formula is C86H129NO8. The number of esters is 2. The molecule has 0 aromatic rings. The Morgan fingerprint density at radius 1 is 0.316 bits per heavy atom. The van der Waals surface area contributed by atoms with Gasteiger partial charge in [0, 0.05) is 12.8 Å². The van der Waals surface area contributed by atoms with Gasteiger partial charge in [-0.3, -0.25) is 9.59 Å². The van der Waals surface area contributed by atoms with Gasteiger partial charge in [-0.1, -0.05) is 289 Å². The normalized spacial score (nSPS) is 14.2. The topological polar surface area (TPSA) is 111 Å². The molecule has 2 unspecified atom stereocenters. The first-order valence-corrected chi connectivity index (χ1v) is 36.2. The summed E-state index contributed by atoms with van der Waals surface area (Å²) in [6.07, 6.45) is 115. The average Bonchev–Trinajstić information content (AvgIpc) is 3.54. The molecule has 0 aliphatic heterocycles. The number of ether oxygens (including phenoxy) is 4. The van der Waals surface area contributed by atoms with Crippen LogP contribution in [0.4, 0.5) is 0 Å². The number of likely N-dealkylation sites (N-methyl/N-ethyl adjacent to an activating group) is 1. The van der Waals surface area contributed by atoms with E-state index in [1.807, 2.05) is 21.1 Å². The Morgan fingerprint density at radius 3 is 0.874 bits per heavy atom. The van der Waals surface area contributed by atoms with Crippen molar-refractivity contribution in [2.24, 2.45) is 0 Å². The van der Waals surface area contributed by atoms with Crippen LogP contribution in [0.3, 0.4) is 0 Å². The molecule has 95 heavy (non-hydrogen) atoms. The van der Waals surface area contributed by atoms with Gasteiger partial charge in [0.2, 0.25) is 0 Å². The lowest BCUT2D eigenvalue weighted by molar-refractivity contribution is -0.870. The summed E-state index contributed by atoms with van der Waals surface area (Å²) in [6.45, 7) is 4.40. The second-order valence-corrected chi connectivity index (χ2v) is 24.1. The SMILES string of the molecule is CC/C=C\C/C=C\C/C=C\C/C=C\C/C=C\C/C=C\C/C=C\C/C=C\C/C=C\C/C=C\C/C=C\CCCCCCCCCC(=O)OC(COC(=O)CCC/C=C\C/C=C\C/C=C\C/C=C\C/C=C\C/C=C\C/C=C\C/C=C\C/C=C\CC)COC(OCC[N+](C)(C)C)C(=O)[O-]. The first-order valence-electron chi connectivity index (χ1n) is 36.2. The molecule has 526 valence electrons. The molecule has 9 heteroatoms. The van der Waals surface area contributed by atoms with E-state index in [2.05, 4.69) is 257 Å². The summed E-state index contributed by atoms with van der Waals surface area (Å²) in [5.74, 6) is -2.41. The number of carboxylic acid groups (broad SMARTS) is 1. The van der Waals surface area contributed by atoms with Gasteiger partial charge in [0.1, 0.15) is 13.2 Å². The van der Waals surface area contributed by atoms with Crippen LogP contribution < -0.4 is 5.11 Å². The summed E-state index contributed by atoms with van der Waals surface area (Å²) >= 11 is 0. The van der Waals surface area contributed by atoms with Crippen molar-refractivity contribution in [1.82, 2.24) is 0 Å². The number of carbonyl (C=O) groups is 3. The summed E-state index contributed by atoms with van der Waals surface area (Å²) < 4.78 is 22.7. The molecule has 0 aromatic heterocycles. The van der Waals surface area contributed by atoms with Crippen molar-refractivity contribution in [3.8, 4) is 0 Å². The lowest BCUT2D eigenvalue weighted by Gasteiger charge is -2.26. The van der Waals surface area contributed by atoms with Crippen LogP contribution in [0.1, 0.15) is 219 Å². The molecule has 0 bridgehead atoms. The maximum absolute atomic E-state index is 12.9. The number of hydrogen-bond acceptors (Lipinski definition) is 8. The Bertz CT molecular complexity index is 2470. The van der Waals surface area contributed by atoms with Crippen LogP contribution in [-0.4, -0.2) is 82.3 Å². The largest absolute Gasteiger partial charge is 0.545 e. The highest BCUT2D eigenvalue weighted by Crippen LogP contribution is 2.13. The minimum absolute atomic E-state index is 0.122. The molecule has 0 N–H and O–H groups in total. The second-order valence-electron chi connectivity index (χ2n) is 24.1. The summed E-state index contributed by atoms with van der Waals surface area (Å²) in [4.78, 5) is 37.5. The predicted molar refractivity (Wildman–Crippen MR) is 406 cm³/mol. The fourth-order valence-corrected chi connectivity index (χ4v) is 8.66. The maximum Gasteiger partial charge on any atom is 0.306 e. The third-order valence-electron chi connectivity index (χ3n) is 14.1. The number of quaternary nitrogens is 1. The van der Waals surface area contributed by atoms with Crippen molar-refractivity contribution in [3.05, 3.63) is 243 Å². The van der Waals surface area contributed by atoms with E-state index in [9.17, 15) is 19.5 Å². The fraction of sp³-hybridized carbons (Fsp3) is 0.500. The average molecular weight is 1300 g/mol. The van der Waals surface area contributed by atoms with Gasteiger partial charge in [0.15, 0.2) is 12.4 Å². The number of unbranched alkanes of at least 4 members (excludes halogenated alkanes) is 8. The van der Waals surface area contributed by atoms with E-state index in [0.29, 0.717) is 23.9 Å². The van der Waals surface area contributed by atoms with E-state index in [1.165, 1.54) is 6.42 Å².